The maximum absolute atomic E-state index is 11.4. The van der Waals surface area contributed by atoms with Crippen LogP contribution in [0.25, 0.3) is 0 Å². The molecule has 1 amide bonds. The largest absolute Gasteiger partial charge is 0.355 e. The van der Waals surface area contributed by atoms with Crippen molar-refractivity contribution in [1.82, 2.24) is 15.5 Å². The molecule has 15 heavy (non-hydrogen) atoms. The minimum atomic E-state index is 0. The van der Waals surface area contributed by atoms with E-state index in [-0.39, 0.29) is 18.3 Å². The van der Waals surface area contributed by atoms with Crippen LogP contribution in [0, 0.1) is 5.92 Å². The first-order valence-electron chi connectivity index (χ1n) is 5.38. The number of hydrogen-bond acceptors (Lipinski definition) is 3. The summed E-state index contributed by atoms with van der Waals surface area (Å²) in [7, 11) is 0. The third-order valence-electron chi connectivity index (χ3n) is 2.28. The van der Waals surface area contributed by atoms with Gasteiger partial charge < -0.3 is 10.6 Å². The molecule has 0 aromatic carbocycles. The summed E-state index contributed by atoms with van der Waals surface area (Å²) in [5.74, 6) is 0.683. The molecule has 1 aliphatic heterocycles. The fourth-order valence-electron chi connectivity index (χ4n) is 1.45. The van der Waals surface area contributed by atoms with Crippen LogP contribution in [0.3, 0.4) is 0 Å². The standard InChI is InChI=1S/C10H21N3O.ClH/c1-9(2)7-12-10(14)8-13-5-3-11-4-6-13;/h9,11H,3-8H2,1-2H3,(H,12,14);1H. The van der Waals surface area contributed by atoms with E-state index < -0.39 is 0 Å². The Bertz CT molecular complexity index is 182. The van der Waals surface area contributed by atoms with Gasteiger partial charge in [0.15, 0.2) is 0 Å². The number of hydrogen-bond donors (Lipinski definition) is 2. The normalized spacial score (nSPS) is 17.3. The van der Waals surface area contributed by atoms with Crippen LogP contribution in [0.15, 0.2) is 0 Å². The Morgan fingerprint density at radius 1 is 1.40 bits per heavy atom. The fourth-order valence-corrected chi connectivity index (χ4v) is 1.45. The van der Waals surface area contributed by atoms with Gasteiger partial charge in [0.1, 0.15) is 0 Å². The Hall–Kier alpha value is -0.320. The van der Waals surface area contributed by atoms with Crippen LogP contribution in [0.4, 0.5) is 0 Å². The highest BCUT2D eigenvalue weighted by atomic mass is 35.5. The second-order valence-corrected chi connectivity index (χ2v) is 4.22. The van der Waals surface area contributed by atoms with Crippen molar-refractivity contribution >= 4 is 18.3 Å². The van der Waals surface area contributed by atoms with Crippen molar-refractivity contribution in [2.24, 2.45) is 5.92 Å². The second kappa shape index (κ2) is 7.91. The lowest BCUT2D eigenvalue weighted by atomic mass is 10.2. The molecule has 0 unspecified atom stereocenters. The molecule has 0 bridgehead atoms. The number of nitrogens with one attached hydrogen (secondary N) is 2. The van der Waals surface area contributed by atoms with Gasteiger partial charge in [0.05, 0.1) is 6.54 Å². The molecule has 5 heteroatoms. The lowest BCUT2D eigenvalue weighted by Gasteiger charge is -2.26. The molecule has 2 N–H and O–H groups in total. The maximum Gasteiger partial charge on any atom is 0.234 e. The van der Waals surface area contributed by atoms with Crippen LogP contribution in [0.1, 0.15) is 13.8 Å². The van der Waals surface area contributed by atoms with E-state index in [2.05, 4.69) is 29.4 Å². The van der Waals surface area contributed by atoms with E-state index in [4.69, 9.17) is 0 Å². The SMILES string of the molecule is CC(C)CNC(=O)CN1CCNCC1.Cl. The predicted molar refractivity (Wildman–Crippen MR) is 64.4 cm³/mol. The average Bonchev–Trinajstić information content (AvgIpc) is 2.16. The molecule has 0 aromatic rings. The Kier molecular flexibility index (Phi) is 7.74. The van der Waals surface area contributed by atoms with E-state index in [0.717, 1.165) is 32.7 Å². The minimum absolute atomic E-state index is 0. The number of amides is 1. The van der Waals surface area contributed by atoms with E-state index in [0.29, 0.717) is 12.5 Å². The lowest BCUT2D eigenvalue weighted by molar-refractivity contribution is -0.122. The zero-order valence-electron chi connectivity index (χ0n) is 9.58. The molecular weight excluding hydrogens is 214 g/mol. The first-order valence-corrected chi connectivity index (χ1v) is 5.38. The molecule has 0 radical (unpaired) electrons. The molecule has 0 atom stereocenters. The van der Waals surface area contributed by atoms with Crippen LogP contribution in [0.2, 0.25) is 0 Å². The Morgan fingerprint density at radius 3 is 2.53 bits per heavy atom. The minimum Gasteiger partial charge on any atom is -0.355 e. The van der Waals surface area contributed by atoms with Crippen molar-refractivity contribution in [1.29, 1.82) is 0 Å². The highest BCUT2D eigenvalue weighted by molar-refractivity contribution is 5.85. The third-order valence-corrected chi connectivity index (χ3v) is 2.28. The van der Waals surface area contributed by atoms with Crippen molar-refractivity contribution in [3.63, 3.8) is 0 Å². The van der Waals surface area contributed by atoms with Gasteiger partial charge in [0, 0.05) is 32.7 Å². The first kappa shape index (κ1) is 14.7. The summed E-state index contributed by atoms with van der Waals surface area (Å²) < 4.78 is 0. The van der Waals surface area contributed by atoms with Gasteiger partial charge >= 0.3 is 0 Å². The monoisotopic (exact) mass is 235 g/mol. The molecule has 0 spiro atoms. The van der Waals surface area contributed by atoms with Crippen molar-refractivity contribution in [2.45, 2.75) is 13.8 Å². The number of nitrogens with zero attached hydrogens (tertiary/aromatic N) is 1. The maximum atomic E-state index is 11.4. The van der Waals surface area contributed by atoms with Gasteiger partial charge in [0.25, 0.3) is 0 Å². The molecule has 0 aliphatic carbocycles. The summed E-state index contributed by atoms with van der Waals surface area (Å²) in [6.45, 7) is 9.49. The predicted octanol–water partition coefficient (Wildman–Crippen LogP) is 0.0856. The summed E-state index contributed by atoms with van der Waals surface area (Å²) in [6.07, 6.45) is 0. The summed E-state index contributed by atoms with van der Waals surface area (Å²) in [4.78, 5) is 13.6. The molecule has 4 nitrogen and oxygen atoms in total. The van der Waals surface area contributed by atoms with Gasteiger partial charge in [-0.3, -0.25) is 9.69 Å². The van der Waals surface area contributed by atoms with E-state index in [1.54, 1.807) is 0 Å². The first-order chi connectivity index (χ1) is 6.68. The van der Waals surface area contributed by atoms with Crippen LogP contribution < -0.4 is 10.6 Å². The fraction of sp³-hybridized carbons (Fsp3) is 0.900. The second-order valence-electron chi connectivity index (χ2n) is 4.22. The molecule has 90 valence electrons. The molecule has 1 fully saturated rings. The molecular formula is C10H22ClN3O. The summed E-state index contributed by atoms with van der Waals surface area (Å²) in [5.41, 5.74) is 0. The van der Waals surface area contributed by atoms with Crippen LogP contribution in [0.5, 0.6) is 0 Å². The summed E-state index contributed by atoms with van der Waals surface area (Å²) in [5, 5.41) is 6.19. The van der Waals surface area contributed by atoms with Crippen molar-refractivity contribution in [2.75, 3.05) is 39.3 Å². The highest BCUT2D eigenvalue weighted by Crippen LogP contribution is 1.92. The third kappa shape index (κ3) is 6.71. The molecule has 1 saturated heterocycles. The van der Waals surface area contributed by atoms with E-state index in [9.17, 15) is 4.79 Å². The molecule has 0 saturated carbocycles. The molecule has 1 heterocycles. The molecule has 1 rings (SSSR count). The van der Waals surface area contributed by atoms with Crippen LogP contribution in [-0.2, 0) is 4.79 Å². The quantitative estimate of drug-likeness (QED) is 0.726. The van der Waals surface area contributed by atoms with Gasteiger partial charge in [-0.1, -0.05) is 13.8 Å². The van der Waals surface area contributed by atoms with E-state index in [1.165, 1.54) is 0 Å². The zero-order valence-corrected chi connectivity index (χ0v) is 10.4. The van der Waals surface area contributed by atoms with Crippen LogP contribution >= 0.6 is 12.4 Å². The van der Waals surface area contributed by atoms with Crippen molar-refractivity contribution in [3.05, 3.63) is 0 Å². The lowest BCUT2D eigenvalue weighted by Crippen LogP contribution is -2.47. The highest BCUT2D eigenvalue weighted by Gasteiger charge is 2.12. The Labute approximate surface area is 98.2 Å². The summed E-state index contributed by atoms with van der Waals surface area (Å²) >= 11 is 0. The number of piperazine rings is 1. The Morgan fingerprint density at radius 2 is 2.00 bits per heavy atom. The molecule has 0 aromatic heterocycles. The number of halogens is 1. The zero-order chi connectivity index (χ0) is 10.4. The van der Waals surface area contributed by atoms with Gasteiger partial charge in [0.2, 0.25) is 5.91 Å². The molecule has 1 aliphatic rings. The van der Waals surface area contributed by atoms with Crippen molar-refractivity contribution in [3.8, 4) is 0 Å². The van der Waals surface area contributed by atoms with Gasteiger partial charge in [-0.25, -0.2) is 0 Å². The van der Waals surface area contributed by atoms with E-state index >= 15 is 0 Å². The average molecular weight is 236 g/mol. The Balaban J connectivity index is 0.00000196. The van der Waals surface area contributed by atoms with Gasteiger partial charge in [-0.05, 0) is 5.92 Å². The number of carbonyl (C=O) groups excluding carboxylic acids is 1. The summed E-state index contributed by atoms with van der Waals surface area (Å²) in [6, 6.07) is 0. The van der Waals surface area contributed by atoms with Crippen LogP contribution in [-0.4, -0.2) is 50.1 Å². The van der Waals surface area contributed by atoms with E-state index in [1.807, 2.05) is 0 Å². The number of carbonyl (C=O) groups is 1. The van der Waals surface area contributed by atoms with Gasteiger partial charge in [-0.15, -0.1) is 12.4 Å². The number of rotatable bonds is 4. The topological polar surface area (TPSA) is 44.4 Å². The smallest absolute Gasteiger partial charge is 0.234 e. The van der Waals surface area contributed by atoms with Crippen molar-refractivity contribution < 1.29 is 4.79 Å². The van der Waals surface area contributed by atoms with Gasteiger partial charge in [-0.2, -0.15) is 0 Å².